The highest BCUT2D eigenvalue weighted by molar-refractivity contribution is 5.79. The van der Waals surface area contributed by atoms with Crippen molar-refractivity contribution in [1.82, 2.24) is 4.90 Å². The first-order valence-corrected chi connectivity index (χ1v) is 18.3. The van der Waals surface area contributed by atoms with Crippen molar-refractivity contribution in [3.63, 3.8) is 0 Å². The van der Waals surface area contributed by atoms with Gasteiger partial charge in [0.15, 0.2) is 0 Å². The molecule has 2 fully saturated rings. The van der Waals surface area contributed by atoms with Gasteiger partial charge in [-0.05, 0) is 141 Å². The van der Waals surface area contributed by atoms with E-state index in [-0.39, 0.29) is 5.92 Å². The molecule has 0 radical (unpaired) electrons. The van der Waals surface area contributed by atoms with Gasteiger partial charge in [-0.2, -0.15) is 30.7 Å². The second-order valence-corrected chi connectivity index (χ2v) is 13.5. The Balaban J connectivity index is 0.967. The summed E-state index contributed by atoms with van der Waals surface area (Å²) in [6.07, 6.45) is 9.67. The highest BCUT2D eigenvalue weighted by Gasteiger charge is 2.30. The van der Waals surface area contributed by atoms with Crippen LogP contribution in [-0.2, 0) is 11.2 Å². The molecule has 262 valence electrons. The molecule has 9 heteroatoms. The smallest absolute Gasteiger partial charge is 0.225 e. The number of azo groups is 3. The second-order valence-electron chi connectivity index (χ2n) is 13.5. The lowest BCUT2D eigenvalue weighted by Gasteiger charge is -2.38. The fraction of sp³-hybridized carbons (Fsp3) is 0.357. The summed E-state index contributed by atoms with van der Waals surface area (Å²) in [7, 11) is 0. The van der Waals surface area contributed by atoms with Crippen molar-refractivity contribution >= 4 is 45.7 Å². The summed E-state index contributed by atoms with van der Waals surface area (Å²) in [6.45, 7) is 11.3. The molecule has 0 atom stereocenters. The molecule has 0 aromatic heterocycles. The molecule has 0 spiro atoms. The van der Waals surface area contributed by atoms with Crippen LogP contribution in [0.4, 0.5) is 39.8 Å². The third kappa shape index (κ3) is 9.90. The number of unbranched alkanes of at least 4 members (excludes halogenated alkanes) is 1. The van der Waals surface area contributed by atoms with Crippen LogP contribution in [-0.4, -0.2) is 37.0 Å². The van der Waals surface area contributed by atoms with E-state index in [9.17, 15) is 4.79 Å². The minimum atomic E-state index is 0.179. The number of nitrogens with zero attached hydrogens (tertiary/aromatic N) is 8. The number of benzene rings is 4. The third-order valence-electron chi connectivity index (χ3n) is 9.88. The number of hydrogen-bond donors (Lipinski definition) is 0. The molecule has 1 heterocycles. The number of allylic oxidation sites excluding steroid dienone is 1. The fourth-order valence-electron chi connectivity index (χ4n) is 6.63. The van der Waals surface area contributed by atoms with E-state index in [4.69, 9.17) is 0 Å². The predicted molar refractivity (Wildman–Crippen MR) is 206 cm³/mol. The number of anilines is 1. The predicted octanol–water partition coefficient (Wildman–Crippen LogP) is 12.2. The van der Waals surface area contributed by atoms with Gasteiger partial charge in [0.2, 0.25) is 5.91 Å². The first kappa shape index (κ1) is 35.5. The van der Waals surface area contributed by atoms with Gasteiger partial charge in [0.1, 0.15) is 0 Å². The maximum Gasteiger partial charge on any atom is 0.225 e. The van der Waals surface area contributed by atoms with Crippen molar-refractivity contribution in [2.24, 2.45) is 42.5 Å². The van der Waals surface area contributed by atoms with Crippen molar-refractivity contribution < 1.29 is 4.79 Å². The molecular formula is C42H48N8O. The summed E-state index contributed by atoms with van der Waals surface area (Å²) < 4.78 is 0. The highest BCUT2D eigenvalue weighted by atomic mass is 16.2. The number of carbonyl (C=O) groups excluding carboxylic acids is 1. The largest absolute Gasteiger partial charge is 0.368 e. The van der Waals surface area contributed by atoms with Gasteiger partial charge < -0.3 is 9.80 Å². The third-order valence-corrected chi connectivity index (χ3v) is 9.88. The zero-order chi connectivity index (χ0) is 35.4. The molecule has 0 bridgehead atoms. The Kier molecular flexibility index (Phi) is 12.2. The fourth-order valence-corrected chi connectivity index (χ4v) is 6.63. The molecule has 0 unspecified atom stereocenters. The minimum absolute atomic E-state index is 0.179. The van der Waals surface area contributed by atoms with Crippen molar-refractivity contribution in [2.75, 3.05) is 31.1 Å². The van der Waals surface area contributed by atoms with Gasteiger partial charge in [-0.25, -0.2) is 0 Å². The molecule has 6 rings (SSSR count). The summed E-state index contributed by atoms with van der Waals surface area (Å²) in [5, 5.41) is 26.5. The Morgan fingerprint density at radius 2 is 1.20 bits per heavy atom. The number of hydrogen-bond acceptors (Lipinski definition) is 8. The average Bonchev–Trinajstić information content (AvgIpc) is 3.19. The molecule has 1 aliphatic carbocycles. The lowest BCUT2D eigenvalue weighted by atomic mass is 9.81. The monoisotopic (exact) mass is 680 g/mol. The first-order valence-electron chi connectivity index (χ1n) is 18.3. The van der Waals surface area contributed by atoms with Gasteiger partial charge in [-0.3, -0.25) is 4.79 Å². The van der Waals surface area contributed by atoms with Gasteiger partial charge in [0.05, 0.1) is 34.1 Å². The van der Waals surface area contributed by atoms with Crippen molar-refractivity contribution in [3.05, 3.63) is 115 Å². The van der Waals surface area contributed by atoms with E-state index in [1.54, 1.807) is 0 Å². The zero-order valence-corrected chi connectivity index (χ0v) is 29.9. The summed E-state index contributed by atoms with van der Waals surface area (Å²) >= 11 is 0. The summed E-state index contributed by atoms with van der Waals surface area (Å²) in [5.74, 6) is 1.09. The molecule has 4 aromatic rings. The maximum absolute atomic E-state index is 13.1. The van der Waals surface area contributed by atoms with Gasteiger partial charge in [-0.1, -0.05) is 31.6 Å². The number of rotatable bonds is 12. The molecule has 1 aliphatic heterocycles. The SMILES string of the molecule is C=CC1CCC(C(=O)N2CCN(c3ccc(N=Nc4ccc(N=Nc5ccc(N=Nc6ccc(CCCC)cc6)cc5)c(C)c4)cc3)CC2)CC1. The van der Waals surface area contributed by atoms with Crippen molar-refractivity contribution in [2.45, 2.75) is 58.8 Å². The molecule has 2 aliphatic rings. The van der Waals surface area contributed by atoms with Crippen LogP contribution in [0.1, 0.15) is 56.6 Å². The maximum atomic E-state index is 13.1. The zero-order valence-electron chi connectivity index (χ0n) is 29.9. The first-order chi connectivity index (χ1) is 25.0. The topological polar surface area (TPSA) is 97.7 Å². The number of aryl methyl sites for hydroxylation is 2. The Morgan fingerprint density at radius 1 is 0.686 bits per heavy atom. The van der Waals surface area contributed by atoms with Gasteiger partial charge >= 0.3 is 0 Å². The van der Waals surface area contributed by atoms with Crippen LogP contribution in [0.2, 0.25) is 0 Å². The summed E-state index contributed by atoms with van der Waals surface area (Å²) in [5.41, 5.74) is 8.06. The van der Waals surface area contributed by atoms with Crippen LogP contribution in [0.25, 0.3) is 0 Å². The van der Waals surface area contributed by atoms with Crippen molar-refractivity contribution in [3.8, 4) is 0 Å². The highest BCUT2D eigenvalue weighted by Crippen LogP contribution is 2.32. The summed E-state index contributed by atoms with van der Waals surface area (Å²) in [4.78, 5) is 17.5. The molecule has 0 N–H and O–H groups in total. The molecule has 51 heavy (non-hydrogen) atoms. The second kappa shape index (κ2) is 17.6. The van der Waals surface area contributed by atoms with Crippen LogP contribution >= 0.6 is 0 Å². The van der Waals surface area contributed by atoms with E-state index >= 15 is 0 Å². The minimum Gasteiger partial charge on any atom is -0.368 e. The molecule has 4 aromatic carbocycles. The Labute approximate surface area is 301 Å². The van der Waals surface area contributed by atoms with Crippen LogP contribution < -0.4 is 4.90 Å². The standard InChI is InChI=1S/C42H48N8O/c1-4-6-7-33-10-14-35(15-11-33)43-44-36-16-18-37(19-17-36)46-48-41-25-22-39(30-31(41)3)47-45-38-20-23-40(24-21-38)49-26-28-50(29-27-49)42(51)34-12-8-32(5-2)9-13-34/h5,10-11,14-25,30,32,34H,2,4,6-9,12-13,26-29H2,1,3H3. The molecule has 9 nitrogen and oxygen atoms in total. The Morgan fingerprint density at radius 3 is 1.75 bits per heavy atom. The molecule has 1 amide bonds. The summed E-state index contributed by atoms with van der Waals surface area (Å²) in [6, 6.07) is 29.7. The van der Waals surface area contributed by atoms with E-state index in [0.29, 0.717) is 11.8 Å². The van der Waals surface area contributed by atoms with E-state index in [2.05, 4.69) is 78.3 Å². The van der Waals surface area contributed by atoms with Gasteiger partial charge in [0, 0.05) is 37.8 Å². The van der Waals surface area contributed by atoms with Crippen LogP contribution in [0.15, 0.2) is 134 Å². The Hall–Kier alpha value is -5.31. The lowest BCUT2D eigenvalue weighted by molar-refractivity contribution is -0.137. The van der Waals surface area contributed by atoms with Gasteiger partial charge in [-0.15, -0.1) is 6.58 Å². The van der Waals surface area contributed by atoms with Crippen LogP contribution in [0.5, 0.6) is 0 Å². The molecular weight excluding hydrogens is 633 g/mol. The quantitative estimate of drug-likeness (QED) is 0.110. The number of amides is 1. The van der Waals surface area contributed by atoms with Gasteiger partial charge in [0.25, 0.3) is 0 Å². The molecule has 1 saturated carbocycles. The van der Waals surface area contributed by atoms with Crippen LogP contribution in [0, 0.1) is 18.8 Å². The molecule has 1 saturated heterocycles. The normalized spacial score (nSPS) is 18.2. The Bertz CT molecular complexity index is 1830. The number of carbonyl (C=O) groups is 1. The van der Waals surface area contributed by atoms with E-state index in [0.717, 1.165) is 104 Å². The average molecular weight is 681 g/mol. The van der Waals surface area contributed by atoms with E-state index in [1.165, 1.54) is 18.4 Å². The lowest BCUT2D eigenvalue weighted by Crippen LogP contribution is -2.50. The van der Waals surface area contributed by atoms with Crippen LogP contribution in [0.3, 0.4) is 0 Å². The van der Waals surface area contributed by atoms with Crippen molar-refractivity contribution in [1.29, 1.82) is 0 Å². The number of piperazine rings is 1. The van der Waals surface area contributed by atoms with E-state index in [1.807, 2.05) is 79.7 Å². The van der Waals surface area contributed by atoms with E-state index < -0.39 is 0 Å².